The van der Waals surface area contributed by atoms with Gasteiger partial charge in [0.15, 0.2) is 0 Å². The number of aromatic nitrogens is 2. The third kappa shape index (κ3) is 3.63. The van der Waals surface area contributed by atoms with Crippen LogP contribution in [0.1, 0.15) is 40.6 Å². The minimum Gasteiger partial charge on any atom is -0.497 e. The lowest BCUT2D eigenvalue weighted by Gasteiger charge is -2.31. The molecular formula is C22H23N3O3. The summed E-state index contributed by atoms with van der Waals surface area (Å²) in [5, 5.41) is 4.13. The third-order valence-corrected chi connectivity index (χ3v) is 5.22. The Bertz CT molecular complexity index is 965. The Morgan fingerprint density at radius 2 is 1.96 bits per heavy atom. The maximum absolute atomic E-state index is 12.9. The van der Waals surface area contributed by atoms with Gasteiger partial charge >= 0.3 is 0 Å². The van der Waals surface area contributed by atoms with E-state index in [0.717, 1.165) is 41.8 Å². The Morgan fingerprint density at radius 3 is 2.71 bits per heavy atom. The van der Waals surface area contributed by atoms with Crippen molar-refractivity contribution in [1.82, 2.24) is 15.0 Å². The van der Waals surface area contributed by atoms with Crippen LogP contribution in [0.5, 0.6) is 5.75 Å². The quantitative estimate of drug-likeness (QED) is 0.685. The van der Waals surface area contributed by atoms with E-state index in [-0.39, 0.29) is 11.8 Å². The van der Waals surface area contributed by atoms with Crippen LogP contribution in [-0.2, 0) is 0 Å². The van der Waals surface area contributed by atoms with Gasteiger partial charge in [-0.05, 0) is 55.7 Å². The van der Waals surface area contributed by atoms with Crippen molar-refractivity contribution in [2.24, 2.45) is 0 Å². The first-order valence-electron chi connectivity index (χ1n) is 9.48. The fourth-order valence-electron chi connectivity index (χ4n) is 3.60. The number of amides is 1. The first kappa shape index (κ1) is 18.2. The van der Waals surface area contributed by atoms with Crippen molar-refractivity contribution in [3.63, 3.8) is 0 Å². The molecule has 4 rings (SSSR count). The van der Waals surface area contributed by atoms with Gasteiger partial charge in [0.1, 0.15) is 5.75 Å². The fraction of sp³-hybridized carbons (Fsp3) is 0.318. The molecule has 28 heavy (non-hydrogen) atoms. The molecule has 0 saturated carbocycles. The third-order valence-electron chi connectivity index (χ3n) is 5.22. The van der Waals surface area contributed by atoms with Gasteiger partial charge < -0.3 is 14.2 Å². The van der Waals surface area contributed by atoms with E-state index in [1.54, 1.807) is 7.11 Å². The number of ether oxygens (including phenoxy) is 1. The van der Waals surface area contributed by atoms with Gasteiger partial charge in [-0.2, -0.15) is 4.98 Å². The lowest BCUT2D eigenvalue weighted by atomic mass is 9.96. The van der Waals surface area contributed by atoms with E-state index in [4.69, 9.17) is 9.26 Å². The second-order valence-electron chi connectivity index (χ2n) is 7.09. The van der Waals surface area contributed by atoms with Gasteiger partial charge in [0.05, 0.1) is 13.0 Å². The smallest absolute Gasteiger partial charge is 0.254 e. The Hall–Kier alpha value is -3.15. The SMILES string of the molecule is COc1ccc(-c2noc([C@H]3CCCN(C(=O)c4ccccc4C)C3)n2)cc1. The summed E-state index contributed by atoms with van der Waals surface area (Å²) in [5.74, 6) is 2.05. The zero-order valence-electron chi connectivity index (χ0n) is 16.1. The van der Waals surface area contributed by atoms with Crippen LogP contribution in [-0.4, -0.2) is 41.1 Å². The van der Waals surface area contributed by atoms with Crippen molar-refractivity contribution in [2.45, 2.75) is 25.7 Å². The Morgan fingerprint density at radius 1 is 1.18 bits per heavy atom. The summed E-state index contributed by atoms with van der Waals surface area (Å²) in [5.41, 5.74) is 2.63. The van der Waals surface area contributed by atoms with Crippen molar-refractivity contribution in [3.8, 4) is 17.1 Å². The maximum Gasteiger partial charge on any atom is 0.254 e. The maximum atomic E-state index is 12.9. The summed E-state index contributed by atoms with van der Waals surface area (Å²) in [6.07, 6.45) is 1.85. The number of methoxy groups -OCH3 is 1. The van der Waals surface area contributed by atoms with E-state index < -0.39 is 0 Å². The van der Waals surface area contributed by atoms with Crippen molar-refractivity contribution in [3.05, 3.63) is 65.5 Å². The van der Waals surface area contributed by atoms with Crippen LogP contribution < -0.4 is 4.74 Å². The lowest BCUT2D eigenvalue weighted by molar-refractivity contribution is 0.0695. The molecule has 3 aromatic rings. The summed E-state index contributed by atoms with van der Waals surface area (Å²) in [7, 11) is 1.63. The molecule has 1 aliphatic rings. The summed E-state index contributed by atoms with van der Waals surface area (Å²) in [6, 6.07) is 15.3. The lowest BCUT2D eigenvalue weighted by Crippen LogP contribution is -2.39. The van der Waals surface area contributed by atoms with Crippen LogP contribution in [0.3, 0.4) is 0 Å². The van der Waals surface area contributed by atoms with Crippen LogP contribution in [0.4, 0.5) is 0 Å². The van der Waals surface area contributed by atoms with Gasteiger partial charge in [-0.3, -0.25) is 4.79 Å². The molecule has 0 N–H and O–H groups in total. The topological polar surface area (TPSA) is 68.5 Å². The number of likely N-dealkylation sites (tertiary alicyclic amines) is 1. The standard InChI is InChI=1S/C22H23N3O3/c1-15-6-3-4-8-19(15)22(26)25-13-5-7-17(14-25)21-23-20(24-28-21)16-9-11-18(27-2)12-10-16/h3-4,6,8-12,17H,5,7,13-14H2,1-2H3/t17-/m0/s1. The van der Waals surface area contributed by atoms with Crippen molar-refractivity contribution >= 4 is 5.91 Å². The van der Waals surface area contributed by atoms with Gasteiger partial charge in [0.25, 0.3) is 5.91 Å². The van der Waals surface area contributed by atoms with Crippen LogP contribution in [0, 0.1) is 6.92 Å². The molecule has 1 saturated heterocycles. The van der Waals surface area contributed by atoms with Crippen LogP contribution in [0.25, 0.3) is 11.4 Å². The monoisotopic (exact) mass is 377 g/mol. The summed E-state index contributed by atoms with van der Waals surface area (Å²) in [6.45, 7) is 3.31. The number of rotatable bonds is 4. The van der Waals surface area contributed by atoms with Gasteiger partial charge in [-0.1, -0.05) is 23.4 Å². The zero-order chi connectivity index (χ0) is 19.5. The molecular weight excluding hydrogens is 354 g/mol. The highest BCUT2D eigenvalue weighted by Gasteiger charge is 2.29. The van der Waals surface area contributed by atoms with Gasteiger partial charge in [0.2, 0.25) is 11.7 Å². The van der Waals surface area contributed by atoms with Crippen molar-refractivity contribution in [1.29, 1.82) is 0 Å². The second kappa shape index (κ2) is 7.84. The molecule has 1 aliphatic heterocycles. The van der Waals surface area contributed by atoms with E-state index in [2.05, 4.69) is 10.1 Å². The highest BCUT2D eigenvalue weighted by molar-refractivity contribution is 5.95. The molecule has 2 aromatic carbocycles. The fourth-order valence-corrected chi connectivity index (χ4v) is 3.60. The van der Waals surface area contributed by atoms with E-state index in [9.17, 15) is 4.79 Å². The molecule has 1 aromatic heterocycles. The summed E-state index contributed by atoms with van der Waals surface area (Å²) >= 11 is 0. The number of carbonyl (C=O) groups excluding carboxylic acids is 1. The van der Waals surface area contributed by atoms with E-state index >= 15 is 0 Å². The average molecular weight is 377 g/mol. The Kier molecular flexibility index (Phi) is 5.10. The highest BCUT2D eigenvalue weighted by Crippen LogP contribution is 2.29. The number of aryl methyl sites for hydroxylation is 1. The number of benzene rings is 2. The molecule has 6 heteroatoms. The largest absolute Gasteiger partial charge is 0.497 e. The van der Waals surface area contributed by atoms with Crippen LogP contribution in [0.15, 0.2) is 53.1 Å². The number of piperidine rings is 1. The number of hydrogen-bond donors (Lipinski definition) is 0. The normalized spacial score (nSPS) is 16.8. The molecule has 1 atom stereocenters. The molecule has 0 aliphatic carbocycles. The zero-order valence-corrected chi connectivity index (χ0v) is 16.1. The molecule has 2 heterocycles. The molecule has 0 radical (unpaired) electrons. The van der Waals surface area contributed by atoms with Crippen LogP contribution in [0.2, 0.25) is 0 Å². The second-order valence-corrected chi connectivity index (χ2v) is 7.09. The Balaban J connectivity index is 1.50. The van der Waals surface area contributed by atoms with Gasteiger partial charge in [0, 0.05) is 24.2 Å². The van der Waals surface area contributed by atoms with Crippen molar-refractivity contribution < 1.29 is 14.1 Å². The first-order chi connectivity index (χ1) is 13.7. The van der Waals surface area contributed by atoms with Gasteiger partial charge in [-0.25, -0.2) is 0 Å². The summed E-state index contributed by atoms with van der Waals surface area (Å²) in [4.78, 5) is 19.4. The Labute approximate surface area is 164 Å². The molecule has 6 nitrogen and oxygen atoms in total. The van der Waals surface area contributed by atoms with Crippen LogP contribution >= 0.6 is 0 Å². The minimum absolute atomic E-state index is 0.0567. The van der Waals surface area contributed by atoms with Crippen molar-refractivity contribution in [2.75, 3.05) is 20.2 Å². The number of hydrogen-bond acceptors (Lipinski definition) is 5. The number of nitrogens with zero attached hydrogens (tertiary/aromatic N) is 3. The molecule has 1 fully saturated rings. The number of carbonyl (C=O) groups is 1. The first-order valence-corrected chi connectivity index (χ1v) is 9.48. The highest BCUT2D eigenvalue weighted by atomic mass is 16.5. The van der Waals surface area contributed by atoms with Gasteiger partial charge in [-0.15, -0.1) is 0 Å². The predicted molar refractivity (Wildman–Crippen MR) is 105 cm³/mol. The summed E-state index contributed by atoms with van der Waals surface area (Å²) < 4.78 is 10.7. The molecule has 0 spiro atoms. The average Bonchev–Trinajstić information content (AvgIpc) is 3.24. The molecule has 0 bridgehead atoms. The van der Waals surface area contributed by atoms with E-state index in [1.165, 1.54) is 0 Å². The predicted octanol–water partition coefficient (Wildman–Crippen LogP) is 4.07. The molecule has 144 valence electrons. The minimum atomic E-state index is 0.0567. The molecule has 1 amide bonds. The van der Waals surface area contributed by atoms with E-state index in [1.807, 2.05) is 60.4 Å². The molecule has 0 unspecified atom stereocenters. The van der Waals surface area contributed by atoms with E-state index in [0.29, 0.717) is 18.3 Å².